The van der Waals surface area contributed by atoms with Crippen LogP contribution in [0, 0.1) is 0 Å². The highest BCUT2D eigenvalue weighted by atomic mass is 32.2. The van der Waals surface area contributed by atoms with Gasteiger partial charge in [0.2, 0.25) is 10.0 Å². The lowest BCUT2D eigenvalue weighted by Gasteiger charge is -2.17. The molecule has 0 rings (SSSR count). The highest BCUT2D eigenvalue weighted by Crippen LogP contribution is 1.84. The fourth-order valence-corrected chi connectivity index (χ4v) is 1.55. The van der Waals surface area contributed by atoms with Crippen molar-refractivity contribution in [2.75, 3.05) is 38.5 Å². The molecule has 6 heteroatoms. The van der Waals surface area contributed by atoms with Crippen LogP contribution in [0.2, 0.25) is 0 Å². The maximum absolute atomic E-state index is 10.6. The molecule has 0 aliphatic rings. The van der Waals surface area contributed by atoms with Crippen LogP contribution >= 0.6 is 0 Å². The van der Waals surface area contributed by atoms with Crippen LogP contribution in [0.1, 0.15) is 13.8 Å². The molecule has 3 N–H and O–H groups in total. The van der Waals surface area contributed by atoms with Gasteiger partial charge in [0.15, 0.2) is 0 Å². The first-order valence-electron chi connectivity index (χ1n) is 4.93. The van der Waals surface area contributed by atoms with E-state index in [1.54, 1.807) is 0 Å². The summed E-state index contributed by atoms with van der Waals surface area (Å²) in [4.78, 5) is 2.27. The van der Waals surface area contributed by atoms with Crippen molar-refractivity contribution in [2.24, 2.45) is 5.14 Å². The Kier molecular flexibility index (Phi) is 7.08. The molecule has 86 valence electrons. The third kappa shape index (κ3) is 8.43. The lowest BCUT2D eigenvalue weighted by Crippen LogP contribution is -2.34. The quantitative estimate of drug-likeness (QED) is 0.529. The van der Waals surface area contributed by atoms with Crippen LogP contribution < -0.4 is 10.5 Å². The highest BCUT2D eigenvalue weighted by Gasteiger charge is 2.01. The SMILES string of the molecule is CCN(CC)CCNCCS(N)(=O)=O. The molecule has 0 heterocycles. The maximum Gasteiger partial charge on any atom is 0.210 e. The summed E-state index contributed by atoms with van der Waals surface area (Å²) in [6.45, 7) is 8.43. The van der Waals surface area contributed by atoms with E-state index in [4.69, 9.17) is 5.14 Å². The molecule has 0 aromatic rings. The van der Waals surface area contributed by atoms with Crippen LogP contribution in [0.3, 0.4) is 0 Å². The van der Waals surface area contributed by atoms with Crippen LogP contribution in [0.15, 0.2) is 0 Å². The molecule has 0 bridgehead atoms. The molecule has 0 saturated heterocycles. The first-order chi connectivity index (χ1) is 6.49. The Balaban J connectivity index is 3.38. The summed E-state index contributed by atoms with van der Waals surface area (Å²) in [6.07, 6.45) is 0. The van der Waals surface area contributed by atoms with Crippen LogP contribution in [-0.2, 0) is 10.0 Å². The molecule has 0 aliphatic heterocycles. The third-order valence-electron chi connectivity index (χ3n) is 2.06. The van der Waals surface area contributed by atoms with Gasteiger partial charge in [-0.05, 0) is 13.1 Å². The number of primary sulfonamides is 1. The summed E-state index contributed by atoms with van der Waals surface area (Å²) in [5.41, 5.74) is 0. The predicted molar refractivity (Wildman–Crippen MR) is 58.6 cm³/mol. The molecule has 0 aromatic heterocycles. The van der Waals surface area contributed by atoms with Gasteiger partial charge in [-0.25, -0.2) is 13.6 Å². The molecule has 0 radical (unpaired) electrons. The van der Waals surface area contributed by atoms with Gasteiger partial charge in [-0.3, -0.25) is 0 Å². The van der Waals surface area contributed by atoms with Crippen LogP contribution in [-0.4, -0.2) is 51.8 Å². The highest BCUT2D eigenvalue weighted by molar-refractivity contribution is 7.89. The molecule has 0 amide bonds. The van der Waals surface area contributed by atoms with E-state index < -0.39 is 10.0 Å². The Bertz CT molecular complexity index is 225. The second kappa shape index (κ2) is 7.17. The Hall–Kier alpha value is -0.170. The van der Waals surface area contributed by atoms with Gasteiger partial charge < -0.3 is 10.2 Å². The second-order valence-corrected chi connectivity index (χ2v) is 4.88. The minimum absolute atomic E-state index is 0.00521. The van der Waals surface area contributed by atoms with Gasteiger partial charge >= 0.3 is 0 Å². The van der Waals surface area contributed by atoms with Crippen LogP contribution in [0.5, 0.6) is 0 Å². The van der Waals surface area contributed by atoms with E-state index in [-0.39, 0.29) is 5.75 Å². The number of rotatable bonds is 8. The molecule has 0 atom stereocenters. The van der Waals surface area contributed by atoms with E-state index in [1.165, 1.54) is 0 Å². The fraction of sp³-hybridized carbons (Fsp3) is 1.00. The number of nitrogens with zero attached hydrogens (tertiary/aromatic N) is 1. The topological polar surface area (TPSA) is 75.4 Å². The van der Waals surface area contributed by atoms with Crippen molar-refractivity contribution in [1.29, 1.82) is 0 Å². The molecule has 0 saturated carbocycles. The first-order valence-corrected chi connectivity index (χ1v) is 6.64. The van der Waals surface area contributed by atoms with Crippen molar-refractivity contribution in [2.45, 2.75) is 13.8 Å². The molecule has 0 aromatic carbocycles. The number of nitrogens with one attached hydrogen (secondary N) is 1. The lowest BCUT2D eigenvalue weighted by molar-refractivity contribution is 0.303. The Labute approximate surface area is 86.7 Å². The first kappa shape index (κ1) is 13.8. The van der Waals surface area contributed by atoms with Crippen molar-refractivity contribution in [3.05, 3.63) is 0 Å². The molecule has 0 unspecified atom stereocenters. The summed E-state index contributed by atoms with van der Waals surface area (Å²) in [5, 5.41) is 7.89. The molecular weight excluding hydrogens is 202 g/mol. The number of sulfonamides is 1. The fourth-order valence-electron chi connectivity index (χ4n) is 1.12. The van der Waals surface area contributed by atoms with Gasteiger partial charge in [0, 0.05) is 19.6 Å². The van der Waals surface area contributed by atoms with Gasteiger partial charge in [0.1, 0.15) is 0 Å². The Morgan fingerprint density at radius 1 is 1.21 bits per heavy atom. The van der Waals surface area contributed by atoms with E-state index >= 15 is 0 Å². The summed E-state index contributed by atoms with van der Waals surface area (Å²) in [5.74, 6) is 0.00521. The molecule has 0 fully saturated rings. The zero-order valence-electron chi connectivity index (χ0n) is 8.99. The van der Waals surface area contributed by atoms with Gasteiger partial charge in [0.25, 0.3) is 0 Å². The van der Waals surface area contributed by atoms with Gasteiger partial charge in [-0.1, -0.05) is 13.8 Å². The predicted octanol–water partition coefficient (Wildman–Crippen LogP) is -0.794. The second-order valence-electron chi connectivity index (χ2n) is 3.14. The van der Waals surface area contributed by atoms with E-state index in [2.05, 4.69) is 24.1 Å². The summed E-state index contributed by atoms with van der Waals surface area (Å²) < 4.78 is 21.1. The van der Waals surface area contributed by atoms with Crippen molar-refractivity contribution in [3.63, 3.8) is 0 Å². The number of hydrogen-bond donors (Lipinski definition) is 2. The molecular formula is C8H21N3O2S. The number of likely N-dealkylation sites (N-methyl/N-ethyl adjacent to an activating group) is 1. The normalized spacial score (nSPS) is 12.3. The van der Waals surface area contributed by atoms with Crippen molar-refractivity contribution >= 4 is 10.0 Å². The lowest BCUT2D eigenvalue weighted by atomic mass is 10.4. The van der Waals surface area contributed by atoms with E-state index in [0.29, 0.717) is 6.54 Å². The zero-order valence-corrected chi connectivity index (χ0v) is 9.81. The summed E-state index contributed by atoms with van der Waals surface area (Å²) >= 11 is 0. The average molecular weight is 223 g/mol. The number of nitrogens with two attached hydrogens (primary N) is 1. The van der Waals surface area contributed by atoms with Crippen molar-refractivity contribution in [1.82, 2.24) is 10.2 Å². The van der Waals surface area contributed by atoms with E-state index in [9.17, 15) is 8.42 Å². The van der Waals surface area contributed by atoms with Gasteiger partial charge in [-0.2, -0.15) is 0 Å². The number of hydrogen-bond acceptors (Lipinski definition) is 4. The minimum Gasteiger partial charge on any atom is -0.314 e. The zero-order chi connectivity index (χ0) is 11.0. The van der Waals surface area contributed by atoms with Crippen LogP contribution in [0.4, 0.5) is 0 Å². The Morgan fingerprint density at radius 2 is 1.79 bits per heavy atom. The Morgan fingerprint density at radius 3 is 2.21 bits per heavy atom. The largest absolute Gasteiger partial charge is 0.314 e. The average Bonchev–Trinajstić information content (AvgIpc) is 2.09. The van der Waals surface area contributed by atoms with E-state index in [0.717, 1.165) is 26.2 Å². The van der Waals surface area contributed by atoms with Gasteiger partial charge in [-0.15, -0.1) is 0 Å². The molecule has 0 spiro atoms. The van der Waals surface area contributed by atoms with Crippen LogP contribution in [0.25, 0.3) is 0 Å². The smallest absolute Gasteiger partial charge is 0.210 e. The summed E-state index contributed by atoms with van der Waals surface area (Å²) in [7, 11) is -3.31. The molecule has 14 heavy (non-hydrogen) atoms. The van der Waals surface area contributed by atoms with Crippen molar-refractivity contribution in [3.8, 4) is 0 Å². The molecule has 5 nitrogen and oxygen atoms in total. The van der Waals surface area contributed by atoms with Crippen molar-refractivity contribution < 1.29 is 8.42 Å². The van der Waals surface area contributed by atoms with Gasteiger partial charge in [0.05, 0.1) is 5.75 Å². The third-order valence-corrected chi connectivity index (χ3v) is 2.84. The monoisotopic (exact) mass is 223 g/mol. The van der Waals surface area contributed by atoms with E-state index in [1.807, 2.05) is 0 Å². The molecule has 0 aliphatic carbocycles. The summed E-state index contributed by atoms with van der Waals surface area (Å²) in [6, 6.07) is 0. The standard InChI is InChI=1S/C8H21N3O2S/c1-3-11(4-2)7-5-10-6-8-14(9,12)13/h10H,3-8H2,1-2H3,(H2,9,12,13). The maximum atomic E-state index is 10.6. The minimum atomic E-state index is -3.31.